The van der Waals surface area contributed by atoms with Gasteiger partial charge in [-0.15, -0.1) is 0 Å². The van der Waals surface area contributed by atoms with E-state index in [4.69, 9.17) is 0 Å². The van der Waals surface area contributed by atoms with Crippen LogP contribution in [0.2, 0.25) is 0 Å². The second-order valence-corrected chi connectivity index (χ2v) is 5.55. The summed E-state index contributed by atoms with van der Waals surface area (Å²) in [5, 5.41) is 14.0. The summed E-state index contributed by atoms with van der Waals surface area (Å²) < 4.78 is 13.8. The molecule has 21 heavy (non-hydrogen) atoms. The van der Waals surface area contributed by atoms with Gasteiger partial charge < -0.3 is 5.32 Å². The lowest BCUT2D eigenvalue weighted by molar-refractivity contribution is -0.384. The first-order valence-corrected chi connectivity index (χ1v) is 7.18. The van der Waals surface area contributed by atoms with Gasteiger partial charge in [-0.05, 0) is 30.2 Å². The van der Waals surface area contributed by atoms with Crippen molar-refractivity contribution in [3.63, 3.8) is 0 Å². The fourth-order valence-corrected chi connectivity index (χ4v) is 2.71. The zero-order valence-electron chi connectivity index (χ0n) is 11.3. The van der Waals surface area contributed by atoms with Gasteiger partial charge in [-0.3, -0.25) is 10.1 Å². The van der Waals surface area contributed by atoms with Gasteiger partial charge in [-0.25, -0.2) is 4.39 Å². The minimum Gasteiger partial charge on any atom is -0.306 e. The molecular weight excluding hydrogens is 339 g/mol. The van der Waals surface area contributed by atoms with Crippen LogP contribution in [0.5, 0.6) is 0 Å². The maximum Gasteiger partial charge on any atom is 0.269 e. The number of nitro groups is 1. The Kier molecular flexibility index (Phi) is 5.03. The van der Waals surface area contributed by atoms with Crippen molar-refractivity contribution in [1.82, 2.24) is 5.32 Å². The summed E-state index contributed by atoms with van der Waals surface area (Å²) in [7, 11) is 0. The average Bonchev–Trinajstić information content (AvgIpc) is 2.45. The van der Waals surface area contributed by atoms with E-state index in [-0.39, 0.29) is 17.5 Å². The molecule has 1 unspecified atom stereocenters. The van der Waals surface area contributed by atoms with Crippen molar-refractivity contribution in [3.8, 4) is 0 Å². The van der Waals surface area contributed by atoms with E-state index < -0.39 is 4.92 Å². The summed E-state index contributed by atoms with van der Waals surface area (Å²) in [6.07, 6.45) is 0. The van der Waals surface area contributed by atoms with Crippen molar-refractivity contribution in [2.75, 3.05) is 0 Å². The second-order valence-electron chi connectivity index (χ2n) is 4.70. The molecule has 1 atom stereocenters. The van der Waals surface area contributed by atoms with Gasteiger partial charge >= 0.3 is 0 Å². The predicted molar refractivity (Wildman–Crippen MR) is 82.5 cm³/mol. The van der Waals surface area contributed by atoms with E-state index in [1.807, 2.05) is 13.0 Å². The molecule has 6 heteroatoms. The molecule has 0 amide bonds. The topological polar surface area (TPSA) is 55.2 Å². The maximum atomic E-state index is 13.1. The number of nitro benzene ring substituents is 1. The molecule has 0 fully saturated rings. The molecular formula is C15H14BrFN2O2. The summed E-state index contributed by atoms with van der Waals surface area (Å²) in [6.45, 7) is 2.45. The summed E-state index contributed by atoms with van der Waals surface area (Å²) in [6, 6.07) is 11.0. The van der Waals surface area contributed by atoms with Crippen LogP contribution in [0.25, 0.3) is 0 Å². The first-order valence-electron chi connectivity index (χ1n) is 6.39. The van der Waals surface area contributed by atoms with Gasteiger partial charge in [0.1, 0.15) is 5.82 Å². The molecule has 0 spiro atoms. The Balaban J connectivity index is 2.05. The molecule has 0 radical (unpaired) electrons. The maximum absolute atomic E-state index is 13.1. The quantitative estimate of drug-likeness (QED) is 0.642. The van der Waals surface area contributed by atoms with E-state index in [9.17, 15) is 14.5 Å². The van der Waals surface area contributed by atoms with Crippen molar-refractivity contribution in [2.45, 2.75) is 19.5 Å². The fraction of sp³-hybridized carbons (Fsp3) is 0.200. The van der Waals surface area contributed by atoms with E-state index in [0.717, 1.165) is 11.1 Å². The molecule has 0 heterocycles. The molecule has 4 nitrogen and oxygen atoms in total. The first-order chi connectivity index (χ1) is 9.97. The van der Waals surface area contributed by atoms with Crippen LogP contribution < -0.4 is 5.32 Å². The molecule has 2 aromatic carbocycles. The summed E-state index contributed by atoms with van der Waals surface area (Å²) in [5.74, 6) is -0.295. The van der Waals surface area contributed by atoms with Crippen molar-refractivity contribution < 1.29 is 9.31 Å². The number of hydrogen-bond donors (Lipinski definition) is 1. The van der Waals surface area contributed by atoms with Gasteiger partial charge in [0.25, 0.3) is 5.69 Å². The highest BCUT2D eigenvalue weighted by molar-refractivity contribution is 9.10. The van der Waals surface area contributed by atoms with Crippen LogP contribution in [0.15, 0.2) is 46.9 Å². The first kappa shape index (κ1) is 15.6. The number of halogens is 2. The van der Waals surface area contributed by atoms with E-state index in [1.165, 1.54) is 18.2 Å². The van der Waals surface area contributed by atoms with Crippen molar-refractivity contribution in [2.24, 2.45) is 0 Å². The SMILES string of the molecule is CC(NCc1cccc([N+](=O)[O-])c1)c1ccc(F)cc1Br. The number of rotatable bonds is 5. The summed E-state index contributed by atoms with van der Waals surface area (Å²) in [4.78, 5) is 10.3. The molecule has 0 aliphatic rings. The highest BCUT2D eigenvalue weighted by atomic mass is 79.9. The predicted octanol–water partition coefficient (Wildman–Crippen LogP) is 4.35. The minimum absolute atomic E-state index is 0.0146. The monoisotopic (exact) mass is 352 g/mol. The number of benzene rings is 2. The number of nitrogens with one attached hydrogen (secondary N) is 1. The second kappa shape index (κ2) is 6.78. The van der Waals surface area contributed by atoms with E-state index >= 15 is 0 Å². The zero-order valence-corrected chi connectivity index (χ0v) is 12.9. The van der Waals surface area contributed by atoms with E-state index in [1.54, 1.807) is 18.2 Å². The third-order valence-corrected chi connectivity index (χ3v) is 3.85. The Labute approximate surface area is 130 Å². The molecule has 0 aliphatic heterocycles. The smallest absolute Gasteiger partial charge is 0.269 e. The molecule has 0 aliphatic carbocycles. The van der Waals surface area contributed by atoms with Crippen LogP contribution in [0, 0.1) is 15.9 Å². The van der Waals surface area contributed by atoms with Gasteiger partial charge in [0.05, 0.1) is 4.92 Å². The van der Waals surface area contributed by atoms with Crippen LogP contribution in [-0.4, -0.2) is 4.92 Å². The number of non-ortho nitro benzene ring substituents is 1. The van der Waals surface area contributed by atoms with Crippen LogP contribution in [0.4, 0.5) is 10.1 Å². The molecule has 0 bridgehead atoms. The number of nitrogens with zero attached hydrogens (tertiary/aromatic N) is 1. The lowest BCUT2D eigenvalue weighted by Gasteiger charge is -2.16. The molecule has 2 rings (SSSR count). The normalized spacial score (nSPS) is 12.1. The third kappa shape index (κ3) is 4.09. The largest absolute Gasteiger partial charge is 0.306 e. The van der Waals surface area contributed by atoms with Crippen molar-refractivity contribution in [1.29, 1.82) is 0 Å². The average molecular weight is 353 g/mol. The lowest BCUT2D eigenvalue weighted by atomic mass is 10.1. The molecule has 0 aromatic heterocycles. The number of hydrogen-bond acceptors (Lipinski definition) is 3. The van der Waals surface area contributed by atoms with Gasteiger partial charge in [0, 0.05) is 29.2 Å². The molecule has 0 saturated carbocycles. The minimum atomic E-state index is -0.413. The van der Waals surface area contributed by atoms with E-state index in [2.05, 4.69) is 21.2 Å². The Morgan fingerprint density at radius 3 is 2.76 bits per heavy atom. The Morgan fingerprint density at radius 2 is 2.10 bits per heavy atom. The highest BCUT2D eigenvalue weighted by Crippen LogP contribution is 2.24. The van der Waals surface area contributed by atoms with Crippen LogP contribution in [-0.2, 0) is 6.54 Å². The van der Waals surface area contributed by atoms with Gasteiger partial charge in [0.2, 0.25) is 0 Å². The molecule has 0 saturated heterocycles. The van der Waals surface area contributed by atoms with Crippen LogP contribution in [0.3, 0.4) is 0 Å². The standard InChI is InChI=1S/C15H14BrFN2O2/c1-10(14-6-5-12(17)8-15(14)16)18-9-11-3-2-4-13(7-11)19(20)21/h2-8,10,18H,9H2,1H3. The highest BCUT2D eigenvalue weighted by Gasteiger charge is 2.11. The fourth-order valence-electron chi connectivity index (χ4n) is 2.01. The zero-order chi connectivity index (χ0) is 15.4. The van der Waals surface area contributed by atoms with Gasteiger partial charge in [0.15, 0.2) is 0 Å². The molecule has 110 valence electrons. The summed E-state index contributed by atoms with van der Waals surface area (Å²) >= 11 is 3.34. The Morgan fingerprint density at radius 1 is 1.33 bits per heavy atom. The van der Waals surface area contributed by atoms with Gasteiger partial charge in [-0.1, -0.05) is 34.1 Å². The Bertz CT molecular complexity index is 664. The third-order valence-electron chi connectivity index (χ3n) is 3.16. The van der Waals surface area contributed by atoms with Gasteiger partial charge in [-0.2, -0.15) is 0 Å². The lowest BCUT2D eigenvalue weighted by Crippen LogP contribution is -2.18. The van der Waals surface area contributed by atoms with Crippen molar-refractivity contribution >= 4 is 21.6 Å². The Hall–Kier alpha value is -1.79. The van der Waals surface area contributed by atoms with E-state index in [0.29, 0.717) is 11.0 Å². The van der Waals surface area contributed by atoms with Crippen molar-refractivity contribution in [3.05, 3.63) is 74.0 Å². The van der Waals surface area contributed by atoms with Crippen LogP contribution >= 0.6 is 15.9 Å². The molecule has 1 N–H and O–H groups in total. The van der Waals surface area contributed by atoms with Crippen LogP contribution in [0.1, 0.15) is 24.1 Å². The molecule has 2 aromatic rings. The summed E-state index contributed by atoms with van der Waals surface area (Å²) in [5.41, 5.74) is 1.83.